The molecule has 37 heteroatoms. The fourth-order valence-electron chi connectivity index (χ4n) is 0.274. The summed E-state index contributed by atoms with van der Waals surface area (Å²) in [4.78, 5) is 111. The number of aliphatic carboxylic acids is 12. The summed E-state index contributed by atoms with van der Waals surface area (Å²) in [7, 11) is -2.92. The number of hydrogen-bond donors (Lipinski definition) is 12. The van der Waals surface area contributed by atoms with Crippen LogP contribution in [0.15, 0.2) is 0 Å². The van der Waals surface area contributed by atoms with Gasteiger partial charge in [0.2, 0.25) is 0 Å². The molecule has 0 saturated heterocycles. The molecule has 282 valence electrons. The molecule has 0 aromatic carbocycles. The molecule has 0 aliphatic carbocycles. The van der Waals surface area contributed by atoms with E-state index in [4.69, 9.17) is 105 Å². The Morgan fingerprint density at radius 3 is 0.365 bits per heavy atom. The van der Waals surface area contributed by atoms with Crippen molar-refractivity contribution in [3.05, 3.63) is 0 Å². The Morgan fingerprint density at radius 1 is 0.308 bits per heavy atom. The van der Waals surface area contributed by atoms with Crippen LogP contribution in [0.2, 0.25) is 0 Å². The normalized spacial score (nSPS) is 8.71. The van der Waals surface area contributed by atoms with Crippen LogP contribution in [0.1, 0.15) is 0 Å². The zero-order chi connectivity index (χ0) is 42.0. The van der Waals surface area contributed by atoms with Crippen molar-refractivity contribution in [2.45, 2.75) is 17.8 Å². The van der Waals surface area contributed by atoms with Crippen molar-refractivity contribution >= 4 is 79.0 Å². The maximum absolute atomic E-state index is 11.5. The minimum atomic E-state index is -4.67. The van der Waals surface area contributed by atoms with Crippen molar-refractivity contribution in [3.63, 3.8) is 0 Å². The third kappa shape index (κ3) is 47.1. The van der Waals surface area contributed by atoms with E-state index in [1.165, 1.54) is 0 Å². The van der Waals surface area contributed by atoms with E-state index in [1.807, 2.05) is 0 Å². The molecule has 0 spiro atoms. The molecule has 0 fully saturated rings. The number of carboxylic acids is 12. The second-order valence-electron chi connectivity index (χ2n) is 5.67. The van der Waals surface area contributed by atoms with Gasteiger partial charge in [0.1, 0.15) is 0 Å². The van der Waals surface area contributed by atoms with Gasteiger partial charge in [-0.1, -0.05) is 0 Å². The van der Waals surface area contributed by atoms with Crippen LogP contribution in [0.5, 0.6) is 0 Å². The topological polar surface area (TPSA) is 517 Å². The van der Waals surface area contributed by atoms with E-state index in [2.05, 4.69) is 0 Å². The number of carbonyl (C=O) groups is 12. The van der Waals surface area contributed by atoms with Gasteiger partial charge >= 0.3 is 146 Å². The molecule has 0 saturated carbocycles. The summed E-state index contributed by atoms with van der Waals surface area (Å²) in [6, 6.07) is 0. The second-order valence-corrected chi connectivity index (χ2v) is 5.67. The number of rotatable bonds is 6. The van der Waals surface area contributed by atoms with E-state index in [9.17, 15) is 55.1 Å². The Labute approximate surface area is 313 Å². The number of alkyl halides is 6. The molecule has 0 heterocycles. The predicted molar refractivity (Wildman–Crippen MR) is 112 cm³/mol. The van der Waals surface area contributed by atoms with Gasteiger partial charge < -0.3 is 76.4 Å². The van der Waals surface area contributed by atoms with Crippen LogP contribution in [-0.4, -0.2) is 158 Å². The number of halogens is 6. The quantitative estimate of drug-likeness (QED) is 0.0516. The van der Waals surface area contributed by atoms with Crippen molar-refractivity contribution in [3.8, 4) is 0 Å². The molecule has 0 aromatic heterocycles. The summed E-state index contributed by atoms with van der Waals surface area (Å²) in [6.45, 7) is 0. The van der Waals surface area contributed by atoms with E-state index < -0.39 is 96.7 Å². The SMILES string of the molecule is O=C(O)C(=O)O.O=C(O)C(=O)O.O=C(O)C(=O)O.O=C(O)C(F)(F)C(=O)O.O=C(O)C(F)(F)C(=O)O.O=C(O)C(F)(F)C(=O)O.[Li+].[Li+].[Li+].[O-]B([O-])[O-]. The van der Waals surface area contributed by atoms with Crippen molar-refractivity contribution in [1.82, 2.24) is 0 Å². The van der Waals surface area contributed by atoms with E-state index in [1.54, 1.807) is 0 Å². The van der Waals surface area contributed by atoms with Crippen molar-refractivity contribution in [1.29, 1.82) is 0 Å². The van der Waals surface area contributed by atoms with Crippen LogP contribution in [-0.2, 0) is 57.5 Å². The first kappa shape index (κ1) is 72.6. The molecular formula is C15H12BF6Li3O27. The molecule has 0 unspecified atom stereocenters. The largest absolute Gasteiger partial charge is 1.00 e. The summed E-state index contributed by atoms with van der Waals surface area (Å²) in [5.41, 5.74) is 0. The van der Waals surface area contributed by atoms with E-state index >= 15 is 0 Å². The zero-order valence-electron chi connectivity index (χ0n) is 24.8. The Balaban J connectivity index is -0.0000000497. The van der Waals surface area contributed by atoms with Crippen LogP contribution in [0.4, 0.5) is 26.3 Å². The van der Waals surface area contributed by atoms with Crippen LogP contribution >= 0.6 is 0 Å². The molecule has 0 aliphatic rings. The number of carboxylic acid groups (broad SMARTS) is 12. The predicted octanol–water partition coefficient (Wildman–Crippen LogP) is -16.1. The fraction of sp³-hybridized carbons (Fsp3) is 0.200. The first-order valence-corrected chi connectivity index (χ1v) is 9.22. The maximum atomic E-state index is 11.5. The van der Waals surface area contributed by atoms with Gasteiger partial charge in [-0.25, -0.2) is 57.5 Å². The van der Waals surface area contributed by atoms with Gasteiger partial charge in [-0.15, -0.1) is 0 Å². The van der Waals surface area contributed by atoms with Gasteiger partial charge in [-0.05, 0) is 0 Å². The Bertz CT molecular complexity index is 1010. The van der Waals surface area contributed by atoms with E-state index in [0.29, 0.717) is 0 Å². The molecule has 12 N–H and O–H groups in total. The molecule has 0 bridgehead atoms. The van der Waals surface area contributed by atoms with Gasteiger partial charge in [-0.2, -0.15) is 26.3 Å². The smallest absolute Gasteiger partial charge is 0.907 e. The summed E-state index contributed by atoms with van der Waals surface area (Å²) in [6.07, 6.45) is 0. The van der Waals surface area contributed by atoms with Gasteiger partial charge in [-0.3, -0.25) is 7.32 Å². The first-order chi connectivity index (χ1) is 21.3. The van der Waals surface area contributed by atoms with Crippen molar-refractivity contribution < 1.29 is 217 Å². The minimum Gasteiger partial charge on any atom is -0.907 e. The minimum absolute atomic E-state index is 0. The van der Waals surface area contributed by atoms with Gasteiger partial charge in [0.25, 0.3) is 0 Å². The molecule has 0 aliphatic heterocycles. The molecular weight excluding hydrogens is 758 g/mol. The summed E-state index contributed by atoms with van der Waals surface area (Å²) < 4.78 is 68.8. The molecule has 0 radical (unpaired) electrons. The first-order valence-electron chi connectivity index (χ1n) is 9.22. The Morgan fingerprint density at radius 2 is 0.365 bits per heavy atom. The molecule has 0 aromatic rings. The third-order valence-corrected chi connectivity index (χ3v) is 2.16. The van der Waals surface area contributed by atoms with Gasteiger partial charge in [0, 0.05) is 0 Å². The average Bonchev–Trinajstić information content (AvgIpc) is 2.89. The monoisotopic (exact) mass is 770 g/mol. The maximum Gasteiger partial charge on any atom is 1.00 e. The standard InChI is InChI=1S/3C3H2F2O4.3C2H2O4.BO3.3Li/c3*4-3(5,1(6)7)2(8)9;3*3-1(4)2(5)6;2-1(3)4;;;/h3*(H,6,7)(H,8,9);3*(H,3,4)(H,5,6);;;;/q;;;;;;-3;3*+1. The summed E-state index contributed by atoms with van der Waals surface area (Å²) >= 11 is 0. The second kappa shape index (κ2) is 34.4. The molecule has 0 atom stereocenters. The molecule has 52 heavy (non-hydrogen) atoms. The molecule has 0 amide bonds. The molecule has 0 rings (SSSR count). The van der Waals surface area contributed by atoms with E-state index in [0.717, 1.165) is 0 Å². The summed E-state index contributed by atoms with van der Waals surface area (Å²) in [5, 5.41) is 114. The summed E-state index contributed by atoms with van der Waals surface area (Å²) in [5.74, 6) is -40.9. The zero-order valence-corrected chi connectivity index (χ0v) is 24.8. The third-order valence-electron chi connectivity index (χ3n) is 2.16. The van der Waals surface area contributed by atoms with Crippen LogP contribution in [0.25, 0.3) is 0 Å². The Kier molecular flexibility index (Phi) is 48.0. The van der Waals surface area contributed by atoms with Gasteiger partial charge in [0.15, 0.2) is 0 Å². The van der Waals surface area contributed by atoms with Crippen LogP contribution in [0, 0.1) is 0 Å². The van der Waals surface area contributed by atoms with Crippen LogP contribution in [0.3, 0.4) is 0 Å². The fourth-order valence-corrected chi connectivity index (χ4v) is 0.274. The van der Waals surface area contributed by atoms with Crippen LogP contribution < -0.4 is 71.7 Å². The van der Waals surface area contributed by atoms with E-state index in [-0.39, 0.29) is 56.6 Å². The Hall–Kier alpha value is -5.04. The number of hydrogen-bond acceptors (Lipinski definition) is 15. The van der Waals surface area contributed by atoms with Crippen molar-refractivity contribution in [2.75, 3.05) is 0 Å². The average molecular weight is 770 g/mol. The van der Waals surface area contributed by atoms with Gasteiger partial charge in [0.05, 0.1) is 0 Å². The van der Waals surface area contributed by atoms with Crippen molar-refractivity contribution in [2.24, 2.45) is 0 Å². The molecule has 27 nitrogen and oxygen atoms in total.